The van der Waals surface area contributed by atoms with E-state index in [2.05, 4.69) is 48.0 Å². The number of hydrogen-bond donors (Lipinski definition) is 0. The van der Waals surface area contributed by atoms with Gasteiger partial charge in [0.1, 0.15) is 0 Å². The van der Waals surface area contributed by atoms with Gasteiger partial charge in [0.15, 0.2) is 0 Å². The van der Waals surface area contributed by atoms with Crippen LogP contribution in [0, 0.1) is 34.6 Å². The molecule has 1 aromatic heterocycles. The zero-order valence-electron chi connectivity index (χ0n) is 13.6. The largest absolute Gasteiger partial charge is 0.251 e. The topological polar surface area (TPSA) is 41.4 Å². The maximum absolute atomic E-state index is 4.54. The molecule has 1 aromatic carbocycles. The zero-order valence-corrected chi connectivity index (χ0v) is 13.6. The Hall–Kier alpha value is -2.23. The van der Waals surface area contributed by atoms with Gasteiger partial charge in [-0.15, -0.1) is 0 Å². The molecule has 0 amide bonds. The summed E-state index contributed by atoms with van der Waals surface area (Å²) in [4.78, 5) is 9.07. The molecule has 110 valence electrons. The summed E-state index contributed by atoms with van der Waals surface area (Å²) in [5.74, 6) is 0.612. The van der Waals surface area contributed by atoms with Crippen LogP contribution in [-0.4, -0.2) is 16.2 Å². The summed E-state index contributed by atoms with van der Waals surface area (Å²) in [5.41, 5.74) is 6.51. The summed E-state index contributed by atoms with van der Waals surface area (Å²) >= 11 is 0. The fraction of sp³-hybridized carbons (Fsp3) is 0.353. The highest BCUT2D eigenvalue weighted by atomic mass is 15.5. The summed E-state index contributed by atoms with van der Waals surface area (Å²) < 4.78 is 0. The van der Waals surface area contributed by atoms with Crippen LogP contribution >= 0.6 is 0 Å². The van der Waals surface area contributed by atoms with Crippen molar-refractivity contribution in [2.45, 2.75) is 41.5 Å². The van der Waals surface area contributed by atoms with Gasteiger partial charge < -0.3 is 0 Å². The molecule has 0 spiro atoms. The molecule has 2 rings (SSSR count). The van der Waals surface area contributed by atoms with E-state index < -0.39 is 0 Å². The summed E-state index contributed by atoms with van der Waals surface area (Å²) in [7, 11) is 0. The standard InChI is InChI=1S/C17H22N4/c1-7-18-21(17-19-14(5)10-15(6)20-17)16-12(3)8-11(2)9-13(16)4/h7-10H,1-6H3/b18-7+. The molecule has 0 saturated heterocycles. The van der Waals surface area contributed by atoms with Gasteiger partial charge in [-0.1, -0.05) is 17.7 Å². The molecule has 2 aromatic rings. The number of rotatable bonds is 3. The molecule has 0 aliphatic heterocycles. The second kappa shape index (κ2) is 6.04. The predicted octanol–water partition coefficient (Wildman–Crippen LogP) is 4.16. The molecular formula is C17H22N4. The first-order valence-corrected chi connectivity index (χ1v) is 7.11. The lowest BCUT2D eigenvalue weighted by Crippen LogP contribution is -2.16. The highest BCUT2D eigenvalue weighted by Gasteiger charge is 2.17. The van der Waals surface area contributed by atoms with Crippen LogP contribution in [0.1, 0.15) is 35.0 Å². The second-order valence-corrected chi connectivity index (χ2v) is 5.38. The van der Waals surface area contributed by atoms with Gasteiger partial charge in [-0.2, -0.15) is 10.1 Å². The van der Waals surface area contributed by atoms with E-state index in [-0.39, 0.29) is 0 Å². The summed E-state index contributed by atoms with van der Waals surface area (Å²) in [6.45, 7) is 12.1. The summed E-state index contributed by atoms with van der Waals surface area (Å²) in [5, 5.41) is 6.31. The van der Waals surface area contributed by atoms with Crippen LogP contribution in [0.2, 0.25) is 0 Å². The van der Waals surface area contributed by atoms with Crippen LogP contribution < -0.4 is 5.01 Å². The van der Waals surface area contributed by atoms with Crippen LogP contribution in [0.15, 0.2) is 23.3 Å². The molecule has 21 heavy (non-hydrogen) atoms. The Morgan fingerprint density at radius 1 is 0.905 bits per heavy atom. The summed E-state index contributed by atoms with van der Waals surface area (Å²) in [6.07, 6.45) is 1.76. The highest BCUT2D eigenvalue weighted by molar-refractivity contribution is 5.69. The minimum absolute atomic E-state index is 0.612. The van der Waals surface area contributed by atoms with Crippen molar-refractivity contribution in [2.24, 2.45) is 5.10 Å². The molecule has 0 atom stereocenters. The molecule has 4 nitrogen and oxygen atoms in total. The van der Waals surface area contributed by atoms with Crippen LogP contribution in [0.3, 0.4) is 0 Å². The highest BCUT2D eigenvalue weighted by Crippen LogP contribution is 2.31. The van der Waals surface area contributed by atoms with Gasteiger partial charge in [0.05, 0.1) is 5.69 Å². The van der Waals surface area contributed by atoms with E-state index in [1.165, 1.54) is 16.7 Å². The normalized spacial score (nSPS) is 11.1. The fourth-order valence-corrected chi connectivity index (χ4v) is 2.63. The Kier molecular flexibility index (Phi) is 4.36. The third kappa shape index (κ3) is 3.27. The van der Waals surface area contributed by atoms with Crippen molar-refractivity contribution in [1.29, 1.82) is 0 Å². The first-order valence-electron chi connectivity index (χ1n) is 7.11. The number of aromatic nitrogens is 2. The van der Waals surface area contributed by atoms with Crippen molar-refractivity contribution in [2.75, 3.05) is 5.01 Å². The average molecular weight is 282 g/mol. The van der Waals surface area contributed by atoms with E-state index >= 15 is 0 Å². The van der Waals surface area contributed by atoms with E-state index in [0.29, 0.717) is 5.95 Å². The average Bonchev–Trinajstić information content (AvgIpc) is 2.35. The SMILES string of the molecule is C/C=N/N(c1nc(C)cc(C)n1)c1c(C)cc(C)cc1C. The maximum Gasteiger partial charge on any atom is 0.251 e. The third-order valence-electron chi connectivity index (χ3n) is 3.24. The predicted molar refractivity (Wildman–Crippen MR) is 88.5 cm³/mol. The Labute approximate surface area is 126 Å². The number of nitrogens with zero attached hydrogens (tertiary/aromatic N) is 4. The molecule has 0 radical (unpaired) electrons. The molecule has 0 saturated carbocycles. The van der Waals surface area contributed by atoms with Crippen LogP contribution in [0.5, 0.6) is 0 Å². The number of aryl methyl sites for hydroxylation is 5. The van der Waals surface area contributed by atoms with E-state index in [0.717, 1.165) is 17.1 Å². The van der Waals surface area contributed by atoms with Crippen molar-refractivity contribution in [3.63, 3.8) is 0 Å². The van der Waals surface area contributed by atoms with Gasteiger partial charge in [-0.05, 0) is 58.7 Å². The lowest BCUT2D eigenvalue weighted by atomic mass is 10.0. The van der Waals surface area contributed by atoms with Crippen LogP contribution in [0.4, 0.5) is 11.6 Å². The first kappa shape index (κ1) is 15.2. The third-order valence-corrected chi connectivity index (χ3v) is 3.24. The van der Waals surface area contributed by atoms with E-state index in [1.54, 1.807) is 6.21 Å². The smallest absolute Gasteiger partial charge is 0.216 e. The maximum atomic E-state index is 4.54. The molecule has 0 fully saturated rings. The number of benzene rings is 1. The van der Waals surface area contributed by atoms with Crippen LogP contribution in [0.25, 0.3) is 0 Å². The number of hydrazone groups is 1. The second-order valence-electron chi connectivity index (χ2n) is 5.38. The molecule has 0 bridgehead atoms. The van der Waals surface area contributed by atoms with Gasteiger partial charge in [0, 0.05) is 17.6 Å². The Morgan fingerprint density at radius 3 is 1.90 bits per heavy atom. The molecule has 0 aliphatic carbocycles. The van der Waals surface area contributed by atoms with Gasteiger partial charge in [-0.25, -0.2) is 9.97 Å². The van der Waals surface area contributed by atoms with E-state index in [4.69, 9.17) is 0 Å². The van der Waals surface area contributed by atoms with Gasteiger partial charge in [-0.3, -0.25) is 0 Å². The minimum atomic E-state index is 0.612. The van der Waals surface area contributed by atoms with Crippen molar-refractivity contribution in [3.05, 3.63) is 46.3 Å². The Morgan fingerprint density at radius 2 is 1.43 bits per heavy atom. The minimum Gasteiger partial charge on any atom is -0.216 e. The van der Waals surface area contributed by atoms with Crippen molar-refractivity contribution in [3.8, 4) is 0 Å². The molecule has 0 aliphatic rings. The Balaban J connectivity index is 2.64. The summed E-state index contributed by atoms with van der Waals surface area (Å²) in [6, 6.07) is 6.28. The van der Waals surface area contributed by atoms with Gasteiger partial charge >= 0.3 is 0 Å². The monoisotopic (exact) mass is 282 g/mol. The van der Waals surface area contributed by atoms with E-state index in [9.17, 15) is 0 Å². The quantitative estimate of drug-likeness (QED) is 0.627. The van der Waals surface area contributed by atoms with Gasteiger partial charge in [0.25, 0.3) is 5.95 Å². The van der Waals surface area contributed by atoms with Crippen LogP contribution in [-0.2, 0) is 0 Å². The van der Waals surface area contributed by atoms with E-state index in [1.807, 2.05) is 31.8 Å². The number of anilines is 2. The molecular weight excluding hydrogens is 260 g/mol. The van der Waals surface area contributed by atoms with Crippen molar-refractivity contribution in [1.82, 2.24) is 9.97 Å². The zero-order chi connectivity index (χ0) is 15.6. The van der Waals surface area contributed by atoms with Crippen molar-refractivity contribution < 1.29 is 0 Å². The molecule has 1 heterocycles. The molecule has 0 N–H and O–H groups in total. The lowest BCUT2D eigenvalue weighted by molar-refractivity contribution is 0.935. The number of hydrogen-bond acceptors (Lipinski definition) is 4. The first-order chi connectivity index (χ1) is 9.92. The molecule has 4 heteroatoms. The molecule has 0 unspecified atom stereocenters. The van der Waals surface area contributed by atoms with Crippen molar-refractivity contribution >= 4 is 17.9 Å². The fourth-order valence-electron chi connectivity index (χ4n) is 2.63. The Bertz CT molecular complexity index is 646. The lowest BCUT2D eigenvalue weighted by Gasteiger charge is -2.22. The van der Waals surface area contributed by atoms with Gasteiger partial charge in [0.2, 0.25) is 0 Å².